The molecule has 0 unspecified atom stereocenters. The van der Waals surface area contributed by atoms with Crippen molar-refractivity contribution >= 4 is 39.8 Å². The molecule has 0 saturated carbocycles. The van der Waals surface area contributed by atoms with Crippen molar-refractivity contribution < 1.29 is 9.59 Å². The van der Waals surface area contributed by atoms with Gasteiger partial charge < -0.3 is 20.0 Å². The van der Waals surface area contributed by atoms with E-state index < -0.39 is 0 Å². The first-order chi connectivity index (χ1) is 13.3. The van der Waals surface area contributed by atoms with Crippen LogP contribution in [0.5, 0.6) is 0 Å². The molecule has 0 atom stereocenters. The van der Waals surface area contributed by atoms with Crippen molar-refractivity contribution in [1.29, 1.82) is 0 Å². The lowest BCUT2D eigenvalue weighted by Crippen LogP contribution is -2.36. The second-order valence-electron chi connectivity index (χ2n) is 7.53. The van der Waals surface area contributed by atoms with Crippen molar-refractivity contribution in [2.45, 2.75) is 32.9 Å². The van der Waals surface area contributed by atoms with E-state index in [2.05, 4.69) is 34.0 Å². The Labute approximate surface area is 168 Å². The molecular formula is C19H24N6O2S. The fourth-order valence-corrected chi connectivity index (χ4v) is 4.95. The number of nitrogens with zero attached hydrogens (tertiary/aromatic N) is 5. The van der Waals surface area contributed by atoms with E-state index in [4.69, 9.17) is 0 Å². The molecule has 1 N–H and O–H groups in total. The molecule has 148 valence electrons. The average molecular weight is 401 g/mol. The molecule has 0 aromatic carbocycles. The predicted molar refractivity (Wildman–Crippen MR) is 110 cm³/mol. The highest BCUT2D eigenvalue weighted by atomic mass is 32.1. The van der Waals surface area contributed by atoms with Crippen molar-refractivity contribution in [3.8, 4) is 0 Å². The smallest absolute Gasteiger partial charge is 0.257 e. The quantitative estimate of drug-likeness (QED) is 0.848. The monoisotopic (exact) mass is 400 g/mol. The molecular weight excluding hydrogens is 376 g/mol. The summed E-state index contributed by atoms with van der Waals surface area (Å²) in [6.45, 7) is 5.69. The van der Waals surface area contributed by atoms with Crippen LogP contribution in [0.3, 0.4) is 0 Å². The molecule has 4 heterocycles. The Balaban J connectivity index is 1.66. The van der Waals surface area contributed by atoms with Crippen LogP contribution in [0.1, 0.15) is 34.6 Å². The molecule has 0 aliphatic carbocycles. The van der Waals surface area contributed by atoms with Crippen LogP contribution in [0.25, 0.3) is 0 Å². The Morgan fingerprint density at radius 3 is 2.71 bits per heavy atom. The first-order valence-corrected chi connectivity index (χ1v) is 10.2. The number of nitrogens with one attached hydrogen (secondary N) is 1. The number of rotatable bonds is 3. The zero-order valence-corrected chi connectivity index (χ0v) is 17.3. The number of hydrogen-bond acceptors (Lipinski definition) is 7. The Morgan fingerprint density at radius 1 is 1.18 bits per heavy atom. The van der Waals surface area contributed by atoms with Crippen molar-refractivity contribution in [2.75, 3.05) is 42.3 Å². The maximum Gasteiger partial charge on any atom is 0.257 e. The number of hydrogen-bond donors (Lipinski definition) is 1. The van der Waals surface area contributed by atoms with Gasteiger partial charge in [0.25, 0.3) is 5.91 Å². The van der Waals surface area contributed by atoms with Gasteiger partial charge in [0.15, 0.2) is 0 Å². The standard InChI is InChI=1S/C19H24N6O2S/c1-11(2)22-14-7-15(21-10-20-14)25-6-5-12-13(8-25)28-19-17(12)18(27)23(3)9-16(26)24(19)4/h7,10-11H,5-6,8-9H2,1-4H3,(H,20,21,22). The minimum absolute atomic E-state index is 0.0646. The molecule has 2 aromatic heterocycles. The molecule has 2 aliphatic heterocycles. The van der Waals surface area contributed by atoms with E-state index >= 15 is 0 Å². The molecule has 9 heteroatoms. The van der Waals surface area contributed by atoms with Gasteiger partial charge in [0.05, 0.1) is 12.1 Å². The Hall–Kier alpha value is -2.68. The number of carbonyl (C=O) groups is 2. The minimum atomic E-state index is -0.0656. The molecule has 2 aliphatic rings. The Kier molecular flexibility index (Phi) is 4.70. The van der Waals surface area contributed by atoms with Crippen LogP contribution in [0.2, 0.25) is 0 Å². The Morgan fingerprint density at radius 2 is 1.96 bits per heavy atom. The number of anilines is 3. The van der Waals surface area contributed by atoms with E-state index in [1.165, 1.54) is 16.2 Å². The van der Waals surface area contributed by atoms with E-state index in [1.807, 2.05) is 6.07 Å². The first kappa shape index (κ1) is 18.7. The SMILES string of the molecule is CC(C)Nc1cc(N2CCc3c(sc4c3C(=O)N(C)CC(=O)N4C)C2)ncn1. The summed E-state index contributed by atoms with van der Waals surface area (Å²) in [6, 6.07) is 2.25. The number of amides is 2. The van der Waals surface area contributed by atoms with Gasteiger partial charge in [0.2, 0.25) is 5.91 Å². The van der Waals surface area contributed by atoms with Crippen molar-refractivity contribution in [1.82, 2.24) is 14.9 Å². The molecule has 0 saturated heterocycles. The van der Waals surface area contributed by atoms with Gasteiger partial charge in [0, 0.05) is 37.6 Å². The minimum Gasteiger partial charge on any atom is -0.368 e. The number of aromatic nitrogens is 2. The molecule has 0 spiro atoms. The molecule has 28 heavy (non-hydrogen) atoms. The molecule has 8 nitrogen and oxygen atoms in total. The molecule has 4 rings (SSSR count). The lowest BCUT2D eigenvalue weighted by molar-refractivity contribution is -0.118. The third-order valence-corrected chi connectivity index (χ3v) is 6.36. The van der Waals surface area contributed by atoms with Crippen molar-refractivity contribution in [3.63, 3.8) is 0 Å². The zero-order chi connectivity index (χ0) is 20.0. The van der Waals surface area contributed by atoms with E-state index in [0.29, 0.717) is 18.2 Å². The number of likely N-dealkylation sites (N-methyl/N-ethyl adjacent to an activating group) is 2. The summed E-state index contributed by atoms with van der Waals surface area (Å²) in [4.78, 5) is 40.4. The highest BCUT2D eigenvalue weighted by Crippen LogP contribution is 2.41. The lowest BCUT2D eigenvalue weighted by atomic mass is 10.0. The Bertz CT molecular complexity index is 941. The predicted octanol–water partition coefficient (Wildman–Crippen LogP) is 1.97. The van der Waals surface area contributed by atoms with Gasteiger partial charge in [-0.25, -0.2) is 9.97 Å². The molecule has 2 amide bonds. The second kappa shape index (κ2) is 7.05. The van der Waals surface area contributed by atoms with Crippen LogP contribution in [-0.4, -0.2) is 59.9 Å². The summed E-state index contributed by atoms with van der Waals surface area (Å²) in [7, 11) is 3.44. The van der Waals surface area contributed by atoms with Crippen molar-refractivity contribution in [2.24, 2.45) is 0 Å². The van der Waals surface area contributed by atoms with Crippen molar-refractivity contribution in [3.05, 3.63) is 28.4 Å². The molecule has 0 fully saturated rings. The summed E-state index contributed by atoms with van der Waals surface area (Å²) in [5, 5.41) is 4.06. The summed E-state index contributed by atoms with van der Waals surface area (Å²) < 4.78 is 0. The number of thiophene rings is 1. The van der Waals surface area contributed by atoms with E-state index in [1.54, 1.807) is 25.3 Å². The van der Waals surface area contributed by atoms with Crippen LogP contribution in [0.4, 0.5) is 16.6 Å². The second-order valence-corrected chi connectivity index (χ2v) is 8.61. The zero-order valence-electron chi connectivity index (χ0n) is 16.5. The highest BCUT2D eigenvalue weighted by molar-refractivity contribution is 7.17. The highest BCUT2D eigenvalue weighted by Gasteiger charge is 2.35. The van der Waals surface area contributed by atoms with Gasteiger partial charge in [0.1, 0.15) is 29.5 Å². The first-order valence-electron chi connectivity index (χ1n) is 9.35. The van der Waals surface area contributed by atoms with Gasteiger partial charge >= 0.3 is 0 Å². The van der Waals surface area contributed by atoms with Crippen LogP contribution in [-0.2, 0) is 17.8 Å². The average Bonchev–Trinajstić information content (AvgIpc) is 3.01. The van der Waals surface area contributed by atoms with E-state index in [9.17, 15) is 9.59 Å². The van der Waals surface area contributed by atoms with Gasteiger partial charge in [-0.1, -0.05) is 0 Å². The third-order valence-electron chi connectivity index (χ3n) is 5.06. The molecule has 0 bridgehead atoms. The normalized spacial score (nSPS) is 17.0. The van der Waals surface area contributed by atoms with E-state index in [0.717, 1.165) is 40.0 Å². The topological polar surface area (TPSA) is 81.7 Å². The summed E-state index contributed by atoms with van der Waals surface area (Å²) in [6.07, 6.45) is 2.32. The van der Waals surface area contributed by atoms with E-state index in [-0.39, 0.29) is 18.4 Å². The van der Waals surface area contributed by atoms with Gasteiger partial charge in [-0.3, -0.25) is 9.59 Å². The lowest BCUT2D eigenvalue weighted by Gasteiger charge is -2.28. The number of carbonyl (C=O) groups excluding carboxylic acids is 2. The maximum atomic E-state index is 12.9. The van der Waals surface area contributed by atoms with Gasteiger partial charge in [-0.05, 0) is 25.8 Å². The van der Waals surface area contributed by atoms with Crippen LogP contribution < -0.4 is 15.1 Å². The van der Waals surface area contributed by atoms with Gasteiger partial charge in [-0.15, -0.1) is 11.3 Å². The largest absolute Gasteiger partial charge is 0.368 e. The molecule has 0 radical (unpaired) electrons. The summed E-state index contributed by atoms with van der Waals surface area (Å²) >= 11 is 1.54. The third kappa shape index (κ3) is 3.19. The summed E-state index contributed by atoms with van der Waals surface area (Å²) in [5.41, 5.74) is 1.77. The fraction of sp³-hybridized carbons (Fsp3) is 0.474. The fourth-order valence-electron chi connectivity index (χ4n) is 3.62. The number of fused-ring (bicyclic) bond motifs is 3. The maximum absolute atomic E-state index is 12.9. The molecule has 2 aromatic rings. The summed E-state index contributed by atoms with van der Waals surface area (Å²) in [5.74, 6) is 1.53. The van der Waals surface area contributed by atoms with Gasteiger partial charge in [-0.2, -0.15) is 0 Å². The van der Waals surface area contributed by atoms with Crippen LogP contribution in [0, 0.1) is 0 Å². The van der Waals surface area contributed by atoms with Crippen LogP contribution >= 0.6 is 11.3 Å². The van der Waals surface area contributed by atoms with Crippen LogP contribution in [0.15, 0.2) is 12.4 Å².